The number of hydrogen-bond donors (Lipinski definition) is 2. The standard InChI is InChI=1S/C27H31NO5Si/c1-27(2,3)34(22-15-9-5-10-16-22,23-17-11-6-12-18-23)33-20-24(25(29)30)28-26(31)32-19-21-13-7-4-8-14-21/h4-18,24H,19-20H2,1-3H3,(H,28,31)(H,29,30). The molecular formula is C27H31NO5Si. The van der Waals surface area contributed by atoms with E-state index >= 15 is 0 Å². The van der Waals surface area contributed by atoms with Crippen LogP contribution >= 0.6 is 0 Å². The molecule has 0 saturated heterocycles. The Morgan fingerprint density at radius 2 is 1.32 bits per heavy atom. The van der Waals surface area contributed by atoms with Crippen molar-refractivity contribution in [3.8, 4) is 0 Å². The summed E-state index contributed by atoms with van der Waals surface area (Å²) in [6.07, 6.45) is -0.803. The summed E-state index contributed by atoms with van der Waals surface area (Å²) in [6.45, 7) is 6.18. The Balaban J connectivity index is 1.83. The lowest BCUT2D eigenvalue weighted by atomic mass is 10.2. The van der Waals surface area contributed by atoms with E-state index in [4.69, 9.17) is 9.16 Å². The number of amides is 1. The third kappa shape index (κ3) is 5.92. The number of carboxylic acids is 1. The quantitative estimate of drug-likeness (QED) is 0.456. The van der Waals surface area contributed by atoms with Gasteiger partial charge in [0.2, 0.25) is 0 Å². The Hall–Kier alpha value is -3.42. The van der Waals surface area contributed by atoms with Crippen molar-refractivity contribution in [3.05, 3.63) is 96.6 Å². The molecule has 3 aromatic rings. The number of benzene rings is 3. The van der Waals surface area contributed by atoms with Gasteiger partial charge in [-0.15, -0.1) is 0 Å². The van der Waals surface area contributed by atoms with Gasteiger partial charge in [-0.3, -0.25) is 0 Å². The summed E-state index contributed by atoms with van der Waals surface area (Å²) in [5, 5.41) is 14.0. The van der Waals surface area contributed by atoms with E-state index in [0.717, 1.165) is 15.9 Å². The number of carboxylic acid groups (broad SMARTS) is 1. The van der Waals surface area contributed by atoms with Crippen LogP contribution in [-0.2, 0) is 20.6 Å². The Kier molecular flexibility index (Phi) is 8.25. The molecule has 178 valence electrons. The lowest BCUT2D eigenvalue weighted by Crippen LogP contribution is -2.67. The highest BCUT2D eigenvalue weighted by Crippen LogP contribution is 2.36. The minimum Gasteiger partial charge on any atom is -0.480 e. The predicted octanol–water partition coefficient (Wildman–Crippen LogP) is 3.94. The summed E-state index contributed by atoms with van der Waals surface area (Å²) in [6, 6.07) is 27.8. The number of carbonyl (C=O) groups excluding carboxylic acids is 1. The highest BCUT2D eigenvalue weighted by atomic mass is 28.4. The molecule has 34 heavy (non-hydrogen) atoms. The minimum absolute atomic E-state index is 0.0502. The molecule has 0 saturated carbocycles. The molecule has 1 amide bonds. The molecule has 7 heteroatoms. The van der Waals surface area contributed by atoms with Gasteiger partial charge in [-0.2, -0.15) is 0 Å². The summed E-state index contributed by atoms with van der Waals surface area (Å²) in [4.78, 5) is 24.4. The zero-order valence-corrected chi connectivity index (χ0v) is 20.7. The molecule has 0 fully saturated rings. The van der Waals surface area contributed by atoms with Crippen LogP contribution in [0, 0.1) is 0 Å². The van der Waals surface area contributed by atoms with Gasteiger partial charge in [-0.1, -0.05) is 112 Å². The molecular weight excluding hydrogens is 446 g/mol. The topological polar surface area (TPSA) is 84.9 Å². The Morgan fingerprint density at radius 1 is 0.853 bits per heavy atom. The van der Waals surface area contributed by atoms with E-state index in [1.165, 1.54) is 0 Å². The van der Waals surface area contributed by atoms with Gasteiger partial charge < -0.3 is 19.6 Å². The second-order valence-electron chi connectivity index (χ2n) is 9.07. The van der Waals surface area contributed by atoms with Gasteiger partial charge in [0.25, 0.3) is 8.32 Å². The molecule has 0 heterocycles. The average molecular weight is 478 g/mol. The molecule has 2 N–H and O–H groups in total. The van der Waals surface area contributed by atoms with Crippen LogP contribution < -0.4 is 15.7 Å². The summed E-state index contributed by atoms with van der Waals surface area (Å²) in [7, 11) is -2.94. The zero-order valence-electron chi connectivity index (χ0n) is 19.7. The number of ether oxygens (including phenoxy) is 1. The van der Waals surface area contributed by atoms with Crippen molar-refractivity contribution in [1.29, 1.82) is 0 Å². The van der Waals surface area contributed by atoms with Crippen LogP contribution in [0.3, 0.4) is 0 Å². The molecule has 3 rings (SSSR count). The van der Waals surface area contributed by atoms with Crippen LogP contribution in [-0.4, -0.2) is 38.1 Å². The van der Waals surface area contributed by atoms with Crippen molar-refractivity contribution >= 4 is 30.8 Å². The smallest absolute Gasteiger partial charge is 0.408 e. The first kappa shape index (κ1) is 25.2. The molecule has 0 aliphatic rings. The molecule has 0 radical (unpaired) electrons. The van der Waals surface area contributed by atoms with Gasteiger partial charge in [-0.25, -0.2) is 9.59 Å². The van der Waals surface area contributed by atoms with Crippen molar-refractivity contribution in [2.75, 3.05) is 6.61 Å². The first-order valence-electron chi connectivity index (χ1n) is 11.2. The average Bonchev–Trinajstić information content (AvgIpc) is 2.83. The van der Waals surface area contributed by atoms with Gasteiger partial charge in [0.1, 0.15) is 6.61 Å². The van der Waals surface area contributed by atoms with Gasteiger partial charge in [0.05, 0.1) is 6.61 Å². The molecule has 6 nitrogen and oxygen atoms in total. The number of nitrogens with one attached hydrogen (secondary N) is 1. The minimum atomic E-state index is -2.94. The third-order valence-corrected chi connectivity index (χ3v) is 10.7. The lowest BCUT2D eigenvalue weighted by molar-refractivity contribution is -0.140. The first-order chi connectivity index (χ1) is 16.2. The van der Waals surface area contributed by atoms with Crippen molar-refractivity contribution in [1.82, 2.24) is 5.32 Å². The molecule has 0 bridgehead atoms. The van der Waals surface area contributed by atoms with E-state index in [9.17, 15) is 14.7 Å². The van der Waals surface area contributed by atoms with Crippen molar-refractivity contribution in [2.45, 2.75) is 38.5 Å². The van der Waals surface area contributed by atoms with Crippen LogP contribution in [0.1, 0.15) is 26.3 Å². The zero-order chi connectivity index (χ0) is 24.6. The molecule has 0 aliphatic heterocycles. The molecule has 0 spiro atoms. The number of rotatable bonds is 9. The predicted molar refractivity (Wildman–Crippen MR) is 135 cm³/mol. The van der Waals surface area contributed by atoms with E-state index in [2.05, 4.69) is 26.1 Å². The van der Waals surface area contributed by atoms with E-state index in [-0.39, 0.29) is 18.3 Å². The summed E-state index contributed by atoms with van der Waals surface area (Å²) in [5.41, 5.74) is 0.813. The van der Waals surface area contributed by atoms with Gasteiger partial charge >= 0.3 is 12.1 Å². The Labute approximate surface area is 201 Å². The first-order valence-corrected chi connectivity index (χ1v) is 13.1. The van der Waals surface area contributed by atoms with E-state index in [0.29, 0.717) is 0 Å². The maximum Gasteiger partial charge on any atom is 0.408 e. The molecule has 0 aromatic heterocycles. The van der Waals surface area contributed by atoms with E-state index in [1.807, 2.05) is 91.0 Å². The Bertz CT molecular complexity index is 1030. The van der Waals surface area contributed by atoms with Gasteiger partial charge in [0, 0.05) is 0 Å². The monoisotopic (exact) mass is 477 g/mol. The SMILES string of the molecule is CC(C)(C)[Si](OCC(NC(=O)OCc1ccccc1)C(=O)O)(c1ccccc1)c1ccccc1. The summed E-state index contributed by atoms with van der Waals surface area (Å²) in [5.74, 6) is -1.19. The molecule has 0 aliphatic carbocycles. The van der Waals surface area contributed by atoms with Crippen molar-refractivity contribution in [3.63, 3.8) is 0 Å². The van der Waals surface area contributed by atoms with Crippen LogP contribution in [0.25, 0.3) is 0 Å². The molecule has 1 unspecified atom stereocenters. The van der Waals surface area contributed by atoms with Crippen molar-refractivity contribution in [2.24, 2.45) is 0 Å². The number of hydrogen-bond acceptors (Lipinski definition) is 4. The lowest BCUT2D eigenvalue weighted by Gasteiger charge is -2.43. The van der Waals surface area contributed by atoms with E-state index < -0.39 is 26.4 Å². The highest BCUT2D eigenvalue weighted by Gasteiger charge is 2.50. The fourth-order valence-electron chi connectivity index (χ4n) is 4.05. The van der Waals surface area contributed by atoms with Crippen LogP contribution in [0.15, 0.2) is 91.0 Å². The Morgan fingerprint density at radius 3 is 1.76 bits per heavy atom. The second-order valence-corrected chi connectivity index (χ2v) is 13.4. The number of carbonyl (C=O) groups is 2. The van der Waals surface area contributed by atoms with Crippen molar-refractivity contribution < 1.29 is 23.9 Å². The van der Waals surface area contributed by atoms with Crippen LogP contribution in [0.5, 0.6) is 0 Å². The van der Waals surface area contributed by atoms with Gasteiger partial charge in [-0.05, 0) is 21.0 Å². The van der Waals surface area contributed by atoms with Gasteiger partial charge in [0.15, 0.2) is 6.04 Å². The fourth-order valence-corrected chi connectivity index (χ4v) is 8.62. The summed E-state index contributed by atoms with van der Waals surface area (Å²) >= 11 is 0. The maximum absolute atomic E-state index is 12.4. The maximum atomic E-state index is 12.4. The number of alkyl carbamates (subject to hydrolysis) is 1. The fraction of sp³-hybridized carbons (Fsp3) is 0.259. The van der Waals surface area contributed by atoms with Crippen LogP contribution in [0.2, 0.25) is 5.04 Å². The molecule has 1 atom stereocenters. The number of aliphatic carboxylic acids is 1. The second kappa shape index (κ2) is 11.1. The molecule has 3 aromatic carbocycles. The largest absolute Gasteiger partial charge is 0.480 e. The third-order valence-electron chi connectivity index (χ3n) is 5.69. The highest BCUT2D eigenvalue weighted by molar-refractivity contribution is 6.99. The normalized spacial score (nSPS) is 12.6. The summed E-state index contributed by atoms with van der Waals surface area (Å²) < 4.78 is 11.9. The van der Waals surface area contributed by atoms with E-state index in [1.54, 1.807) is 0 Å². The van der Waals surface area contributed by atoms with Crippen LogP contribution in [0.4, 0.5) is 4.79 Å².